The van der Waals surface area contributed by atoms with E-state index in [2.05, 4.69) is 10.2 Å². The van der Waals surface area contributed by atoms with Gasteiger partial charge in [0, 0.05) is 13.1 Å². The number of carbonyl (C=O) groups excluding carboxylic acids is 1. The predicted octanol–water partition coefficient (Wildman–Crippen LogP) is 1.78. The first-order valence-electron chi connectivity index (χ1n) is 9.19. The van der Waals surface area contributed by atoms with E-state index in [1.165, 1.54) is 12.4 Å². The van der Waals surface area contributed by atoms with E-state index in [9.17, 15) is 9.90 Å². The highest BCUT2D eigenvalue weighted by Crippen LogP contribution is 2.39. The Labute approximate surface area is 157 Å². The predicted molar refractivity (Wildman–Crippen MR) is 97.6 cm³/mol. The van der Waals surface area contributed by atoms with E-state index in [1.807, 2.05) is 29.2 Å². The zero-order valence-corrected chi connectivity index (χ0v) is 15.2. The van der Waals surface area contributed by atoms with Crippen LogP contribution in [0.1, 0.15) is 23.2 Å². The van der Waals surface area contributed by atoms with Crippen LogP contribution in [-0.4, -0.2) is 58.5 Å². The van der Waals surface area contributed by atoms with Crippen LogP contribution in [0.2, 0.25) is 0 Å². The highest BCUT2D eigenvalue weighted by atomic mass is 16.5. The van der Waals surface area contributed by atoms with Crippen LogP contribution in [0.25, 0.3) is 0 Å². The summed E-state index contributed by atoms with van der Waals surface area (Å²) in [5.41, 5.74) is 0.547. The minimum Gasteiger partial charge on any atom is -0.493 e. The van der Waals surface area contributed by atoms with Gasteiger partial charge in [0.05, 0.1) is 31.2 Å². The van der Waals surface area contributed by atoms with Gasteiger partial charge in [-0.05, 0) is 42.9 Å². The average Bonchev–Trinajstić information content (AvgIpc) is 3.11. The molecule has 2 heterocycles. The van der Waals surface area contributed by atoms with Crippen molar-refractivity contribution in [1.29, 1.82) is 0 Å². The SMILES string of the molecule is COc1ccccc1O[C@@H]1C[C@@H]2CN(C(=O)c3ccnnc3)C[C@@H]2C[C@H]1O. The molecule has 0 unspecified atom stereocenters. The van der Waals surface area contributed by atoms with Gasteiger partial charge in [0.25, 0.3) is 5.91 Å². The van der Waals surface area contributed by atoms with Gasteiger partial charge in [0.15, 0.2) is 11.5 Å². The summed E-state index contributed by atoms with van der Waals surface area (Å²) in [7, 11) is 1.60. The van der Waals surface area contributed by atoms with Crippen LogP contribution in [0.15, 0.2) is 42.7 Å². The third kappa shape index (κ3) is 3.60. The van der Waals surface area contributed by atoms with E-state index < -0.39 is 6.10 Å². The van der Waals surface area contributed by atoms with E-state index in [0.29, 0.717) is 48.9 Å². The number of para-hydroxylation sites is 2. The van der Waals surface area contributed by atoms with Gasteiger partial charge in [0.2, 0.25) is 0 Å². The van der Waals surface area contributed by atoms with E-state index in [1.54, 1.807) is 13.2 Å². The first kappa shape index (κ1) is 17.7. The molecule has 27 heavy (non-hydrogen) atoms. The van der Waals surface area contributed by atoms with Gasteiger partial charge in [0.1, 0.15) is 6.10 Å². The molecule has 2 fully saturated rings. The molecule has 0 bridgehead atoms. The molecular weight excluding hydrogens is 346 g/mol. The molecule has 142 valence electrons. The standard InChI is InChI=1S/C20H23N3O4/c1-26-17-4-2-3-5-18(17)27-19-9-15-12-23(11-14(15)8-16(19)24)20(25)13-6-7-21-22-10-13/h2-7,10,14-16,19,24H,8-9,11-12H2,1H3/t14-,15+,16+,19+/m0/s1. The summed E-state index contributed by atoms with van der Waals surface area (Å²) < 4.78 is 11.4. The largest absolute Gasteiger partial charge is 0.493 e. The number of methoxy groups -OCH3 is 1. The van der Waals surface area contributed by atoms with Gasteiger partial charge >= 0.3 is 0 Å². The van der Waals surface area contributed by atoms with Gasteiger partial charge < -0.3 is 19.5 Å². The third-order valence-electron chi connectivity index (χ3n) is 5.55. The van der Waals surface area contributed by atoms with Crippen molar-refractivity contribution in [1.82, 2.24) is 15.1 Å². The number of ether oxygens (including phenoxy) is 2. The van der Waals surface area contributed by atoms with Crippen LogP contribution >= 0.6 is 0 Å². The maximum absolute atomic E-state index is 12.7. The smallest absolute Gasteiger partial charge is 0.255 e. The molecule has 2 aromatic rings. The van der Waals surface area contributed by atoms with Crippen molar-refractivity contribution in [2.24, 2.45) is 11.8 Å². The molecule has 7 heteroatoms. The molecule has 1 aromatic carbocycles. The molecule has 1 saturated carbocycles. The monoisotopic (exact) mass is 369 g/mol. The van der Waals surface area contributed by atoms with E-state index in [0.717, 1.165) is 0 Å². The minimum atomic E-state index is -0.561. The van der Waals surface area contributed by atoms with Gasteiger partial charge in [-0.15, -0.1) is 0 Å². The van der Waals surface area contributed by atoms with Gasteiger partial charge in [-0.2, -0.15) is 10.2 Å². The van der Waals surface area contributed by atoms with Crippen LogP contribution in [0, 0.1) is 11.8 Å². The second kappa shape index (κ2) is 7.52. The number of hydrogen-bond acceptors (Lipinski definition) is 6. The molecule has 1 saturated heterocycles. The molecule has 0 radical (unpaired) electrons. The fraction of sp³-hybridized carbons (Fsp3) is 0.450. The number of aliphatic hydroxyl groups is 1. The summed E-state index contributed by atoms with van der Waals surface area (Å²) in [5.74, 6) is 1.86. The molecule has 1 aromatic heterocycles. The number of amides is 1. The maximum Gasteiger partial charge on any atom is 0.255 e. The summed E-state index contributed by atoms with van der Waals surface area (Å²) in [6, 6.07) is 9.13. The number of nitrogens with zero attached hydrogens (tertiary/aromatic N) is 3. The number of hydrogen-bond donors (Lipinski definition) is 1. The van der Waals surface area contributed by atoms with Gasteiger partial charge in [-0.1, -0.05) is 12.1 Å². The number of benzene rings is 1. The highest BCUT2D eigenvalue weighted by molar-refractivity contribution is 5.94. The summed E-state index contributed by atoms with van der Waals surface area (Å²) in [5, 5.41) is 18.1. The van der Waals surface area contributed by atoms with Gasteiger partial charge in [-0.3, -0.25) is 4.79 Å². The molecule has 7 nitrogen and oxygen atoms in total. The maximum atomic E-state index is 12.7. The number of fused-ring (bicyclic) bond motifs is 1. The molecule has 1 aliphatic heterocycles. The van der Waals surface area contributed by atoms with Crippen molar-refractivity contribution in [3.8, 4) is 11.5 Å². The Bertz CT molecular complexity index is 801. The number of likely N-dealkylation sites (tertiary alicyclic amines) is 1. The van der Waals surface area contributed by atoms with Crippen molar-refractivity contribution in [3.63, 3.8) is 0 Å². The topological polar surface area (TPSA) is 84.8 Å². The first-order valence-corrected chi connectivity index (χ1v) is 9.19. The van der Waals surface area contributed by atoms with Crippen LogP contribution in [0.4, 0.5) is 0 Å². The Morgan fingerprint density at radius 1 is 1.11 bits per heavy atom. The van der Waals surface area contributed by atoms with Crippen molar-refractivity contribution >= 4 is 5.91 Å². The van der Waals surface area contributed by atoms with E-state index in [-0.39, 0.29) is 17.9 Å². The molecule has 1 N–H and O–H groups in total. The molecule has 4 atom stereocenters. The lowest BCUT2D eigenvalue weighted by atomic mass is 9.78. The third-order valence-corrected chi connectivity index (χ3v) is 5.55. The van der Waals surface area contributed by atoms with Crippen LogP contribution < -0.4 is 9.47 Å². The fourth-order valence-electron chi connectivity index (χ4n) is 4.16. The number of carbonyl (C=O) groups is 1. The van der Waals surface area contributed by atoms with Crippen LogP contribution in [-0.2, 0) is 0 Å². The Kier molecular flexibility index (Phi) is 4.94. The van der Waals surface area contributed by atoms with Crippen molar-refractivity contribution in [3.05, 3.63) is 48.3 Å². The summed E-state index contributed by atoms with van der Waals surface area (Å²) in [4.78, 5) is 14.5. The second-order valence-electron chi connectivity index (χ2n) is 7.21. The quantitative estimate of drug-likeness (QED) is 0.884. The number of aromatic nitrogens is 2. The molecular formula is C20H23N3O4. The molecule has 0 spiro atoms. The second-order valence-corrected chi connectivity index (χ2v) is 7.21. The Morgan fingerprint density at radius 3 is 2.56 bits per heavy atom. The number of aliphatic hydroxyl groups excluding tert-OH is 1. The van der Waals surface area contributed by atoms with Crippen molar-refractivity contribution in [2.75, 3.05) is 20.2 Å². The van der Waals surface area contributed by atoms with Crippen LogP contribution in [0.3, 0.4) is 0 Å². The summed E-state index contributed by atoms with van der Waals surface area (Å²) in [6.07, 6.45) is 3.49. The number of rotatable bonds is 4. The van der Waals surface area contributed by atoms with E-state index in [4.69, 9.17) is 9.47 Å². The molecule has 1 amide bonds. The van der Waals surface area contributed by atoms with Crippen LogP contribution in [0.5, 0.6) is 11.5 Å². The minimum absolute atomic E-state index is 0.0315. The zero-order chi connectivity index (χ0) is 18.8. The molecule has 2 aliphatic rings. The Hall–Kier alpha value is -2.67. The molecule has 1 aliphatic carbocycles. The van der Waals surface area contributed by atoms with Gasteiger partial charge in [-0.25, -0.2) is 0 Å². The van der Waals surface area contributed by atoms with Crippen molar-refractivity contribution < 1.29 is 19.4 Å². The summed E-state index contributed by atoms with van der Waals surface area (Å²) in [6.45, 7) is 1.33. The average molecular weight is 369 g/mol. The lowest BCUT2D eigenvalue weighted by molar-refractivity contribution is -0.0240. The van der Waals surface area contributed by atoms with E-state index >= 15 is 0 Å². The zero-order valence-electron chi connectivity index (χ0n) is 15.2. The molecule has 4 rings (SSSR count). The first-order chi connectivity index (χ1) is 13.2. The van der Waals surface area contributed by atoms with Crippen molar-refractivity contribution in [2.45, 2.75) is 25.0 Å². The Balaban J connectivity index is 1.44. The normalized spacial score (nSPS) is 27.1. The summed E-state index contributed by atoms with van der Waals surface area (Å²) >= 11 is 0. The highest BCUT2D eigenvalue weighted by Gasteiger charge is 2.44. The Morgan fingerprint density at radius 2 is 1.85 bits per heavy atom. The lowest BCUT2D eigenvalue weighted by Gasteiger charge is -2.35. The fourth-order valence-corrected chi connectivity index (χ4v) is 4.16. The lowest BCUT2D eigenvalue weighted by Crippen LogP contribution is -2.42.